The van der Waals surface area contributed by atoms with Crippen molar-refractivity contribution in [2.45, 2.75) is 12.8 Å². The molecular weight excluding hydrogens is 318 g/mol. The molecule has 0 fully saturated rings. The van der Waals surface area contributed by atoms with Gasteiger partial charge in [-0.3, -0.25) is 14.3 Å². The summed E-state index contributed by atoms with van der Waals surface area (Å²) in [6, 6.07) is 4.20. The third kappa shape index (κ3) is 4.23. The summed E-state index contributed by atoms with van der Waals surface area (Å²) in [7, 11) is 1.73. The first-order valence-corrected chi connectivity index (χ1v) is 7.06. The highest BCUT2D eigenvalue weighted by atomic mass is 19.1. The summed E-state index contributed by atoms with van der Waals surface area (Å²) in [4.78, 5) is 24.1. The number of Topliss-reactive ketones (excluding diaryl/α,β-unsaturated/α-hetero) is 1. The van der Waals surface area contributed by atoms with Gasteiger partial charge in [0.1, 0.15) is 11.6 Å². The first-order valence-electron chi connectivity index (χ1n) is 7.06. The van der Waals surface area contributed by atoms with E-state index in [1.54, 1.807) is 30.2 Å². The van der Waals surface area contributed by atoms with Gasteiger partial charge in [-0.05, 0) is 24.1 Å². The van der Waals surface area contributed by atoms with Gasteiger partial charge < -0.3 is 5.32 Å². The Hall–Kier alpha value is -3.08. The fraction of sp³-hybridized carbons (Fsp3) is 0.250. The lowest BCUT2D eigenvalue weighted by atomic mass is 9.99. The molecule has 2 rings (SSSR count). The zero-order valence-electron chi connectivity index (χ0n) is 12.8. The number of carbonyl (C=O) groups is 2. The normalized spacial score (nSPS) is 11.6. The third-order valence-corrected chi connectivity index (χ3v) is 3.32. The molecule has 0 aliphatic heterocycles. The van der Waals surface area contributed by atoms with Crippen LogP contribution in [-0.2, 0) is 23.1 Å². The number of benzene rings is 1. The molecule has 0 aliphatic carbocycles. The average Bonchev–Trinajstić information content (AvgIpc) is 2.94. The Morgan fingerprint density at radius 2 is 2.17 bits per heavy atom. The number of ketones is 1. The summed E-state index contributed by atoms with van der Waals surface area (Å²) in [5.74, 6) is -4.87. The second-order valence-corrected chi connectivity index (χ2v) is 5.16. The summed E-state index contributed by atoms with van der Waals surface area (Å²) >= 11 is 0. The van der Waals surface area contributed by atoms with Crippen LogP contribution < -0.4 is 5.32 Å². The average molecular weight is 332 g/mol. The van der Waals surface area contributed by atoms with Crippen LogP contribution in [0.1, 0.15) is 12.0 Å². The smallest absolute Gasteiger partial charge is 0.249 e. The highest BCUT2D eigenvalue weighted by Crippen LogP contribution is 2.17. The first kappa shape index (κ1) is 17.3. The van der Waals surface area contributed by atoms with Crippen LogP contribution in [0.25, 0.3) is 0 Å². The van der Waals surface area contributed by atoms with E-state index in [-0.39, 0.29) is 12.1 Å². The van der Waals surface area contributed by atoms with Crippen molar-refractivity contribution < 1.29 is 18.4 Å². The number of amides is 1. The van der Waals surface area contributed by atoms with Gasteiger partial charge in [-0.15, -0.1) is 0 Å². The number of nitrogens with one attached hydrogen (secondary N) is 1. The predicted molar refractivity (Wildman–Crippen MR) is 80.6 cm³/mol. The molecule has 0 bridgehead atoms. The minimum absolute atomic E-state index is 0.0246. The molecule has 124 valence electrons. The SMILES string of the molecule is Cn1cc(CCC(=O)[C@H](C#N)C(=O)Nc2ccc(F)cc2F)cn1. The van der Waals surface area contributed by atoms with E-state index >= 15 is 0 Å². The van der Waals surface area contributed by atoms with E-state index < -0.39 is 29.2 Å². The lowest BCUT2D eigenvalue weighted by Crippen LogP contribution is -2.29. The summed E-state index contributed by atoms with van der Waals surface area (Å²) in [5.41, 5.74) is 0.509. The van der Waals surface area contributed by atoms with Gasteiger partial charge in [0.05, 0.1) is 18.0 Å². The number of hydrogen-bond donors (Lipinski definition) is 1. The Bertz CT molecular complexity index is 811. The second-order valence-electron chi connectivity index (χ2n) is 5.16. The number of nitriles is 1. The molecule has 1 amide bonds. The summed E-state index contributed by atoms with van der Waals surface area (Å²) in [5, 5.41) is 15.1. The van der Waals surface area contributed by atoms with Gasteiger partial charge >= 0.3 is 0 Å². The number of rotatable bonds is 6. The van der Waals surface area contributed by atoms with Crippen molar-refractivity contribution in [1.82, 2.24) is 9.78 Å². The van der Waals surface area contributed by atoms with Crippen LogP contribution in [-0.4, -0.2) is 21.5 Å². The molecule has 0 unspecified atom stereocenters. The fourth-order valence-corrected chi connectivity index (χ4v) is 2.09. The molecule has 0 radical (unpaired) electrons. The molecule has 1 heterocycles. The van der Waals surface area contributed by atoms with E-state index in [9.17, 15) is 18.4 Å². The largest absolute Gasteiger partial charge is 0.322 e. The summed E-state index contributed by atoms with van der Waals surface area (Å²) < 4.78 is 27.9. The van der Waals surface area contributed by atoms with Crippen molar-refractivity contribution in [2.24, 2.45) is 13.0 Å². The molecule has 1 N–H and O–H groups in total. The van der Waals surface area contributed by atoms with E-state index in [4.69, 9.17) is 5.26 Å². The van der Waals surface area contributed by atoms with Crippen molar-refractivity contribution in [3.63, 3.8) is 0 Å². The topological polar surface area (TPSA) is 87.8 Å². The first-order chi connectivity index (χ1) is 11.4. The van der Waals surface area contributed by atoms with Gasteiger partial charge in [0.15, 0.2) is 11.7 Å². The van der Waals surface area contributed by atoms with Crippen molar-refractivity contribution in [2.75, 3.05) is 5.32 Å². The molecule has 0 saturated heterocycles. The Balaban J connectivity index is 2.00. The van der Waals surface area contributed by atoms with Crippen molar-refractivity contribution >= 4 is 17.4 Å². The van der Waals surface area contributed by atoms with Gasteiger partial charge in [0.2, 0.25) is 5.91 Å². The van der Waals surface area contributed by atoms with Crippen LogP contribution >= 0.6 is 0 Å². The predicted octanol–water partition coefficient (Wildman–Crippen LogP) is 1.98. The highest BCUT2D eigenvalue weighted by Gasteiger charge is 2.26. The monoisotopic (exact) mass is 332 g/mol. The number of aryl methyl sites for hydroxylation is 2. The van der Waals surface area contributed by atoms with Gasteiger partial charge in [-0.25, -0.2) is 8.78 Å². The van der Waals surface area contributed by atoms with Gasteiger partial charge in [-0.1, -0.05) is 0 Å². The number of halogens is 2. The number of nitrogens with zero attached hydrogens (tertiary/aromatic N) is 3. The van der Waals surface area contributed by atoms with Crippen LogP contribution in [0.4, 0.5) is 14.5 Å². The number of carbonyl (C=O) groups excluding carboxylic acids is 2. The van der Waals surface area contributed by atoms with Crippen molar-refractivity contribution in [1.29, 1.82) is 5.26 Å². The molecule has 6 nitrogen and oxygen atoms in total. The minimum Gasteiger partial charge on any atom is -0.322 e. The van der Waals surface area contributed by atoms with Gasteiger partial charge in [-0.2, -0.15) is 10.4 Å². The molecule has 8 heteroatoms. The zero-order valence-corrected chi connectivity index (χ0v) is 12.8. The lowest BCUT2D eigenvalue weighted by Gasteiger charge is -2.10. The Labute approximate surface area is 136 Å². The Kier molecular flexibility index (Phi) is 5.37. The maximum Gasteiger partial charge on any atom is 0.249 e. The van der Waals surface area contributed by atoms with Crippen LogP contribution in [0.5, 0.6) is 0 Å². The Morgan fingerprint density at radius 1 is 1.42 bits per heavy atom. The standard InChI is InChI=1S/C16H14F2N4O2/c1-22-9-10(8-20-22)2-5-15(23)12(7-19)16(24)21-14-4-3-11(17)6-13(14)18/h3-4,6,8-9,12H,2,5H2,1H3,(H,21,24)/t12-/m0/s1. The van der Waals surface area contributed by atoms with Gasteiger partial charge in [0, 0.05) is 25.7 Å². The molecular formula is C16H14F2N4O2. The van der Waals surface area contributed by atoms with E-state index in [1.807, 2.05) is 0 Å². The van der Waals surface area contributed by atoms with E-state index in [0.717, 1.165) is 17.7 Å². The molecule has 0 saturated carbocycles. The van der Waals surface area contributed by atoms with Crippen molar-refractivity contribution in [3.8, 4) is 6.07 Å². The summed E-state index contributed by atoms with van der Waals surface area (Å²) in [6.07, 6.45) is 3.62. The van der Waals surface area contributed by atoms with Crippen LogP contribution in [0.3, 0.4) is 0 Å². The van der Waals surface area contributed by atoms with Crippen LogP contribution in [0.15, 0.2) is 30.6 Å². The van der Waals surface area contributed by atoms with Crippen LogP contribution in [0.2, 0.25) is 0 Å². The van der Waals surface area contributed by atoms with E-state index in [1.165, 1.54) is 0 Å². The molecule has 1 atom stereocenters. The highest BCUT2D eigenvalue weighted by molar-refractivity contribution is 6.09. The zero-order chi connectivity index (χ0) is 17.7. The quantitative estimate of drug-likeness (QED) is 0.819. The fourth-order valence-electron chi connectivity index (χ4n) is 2.09. The molecule has 1 aromatic heterocycles. The third-order valence-electron chi connectivity index (χ3n) is 3.32. The minimum atomic E-state index is -1.56. The molecule has 24 heavy (non-hydrogen) atoms. The Morgan fingerprint density at radius 3 is 2.75 bits per heavy atom. The lowest BCUT2D eigenvalue weighted by molar-refractivity contribution is -0.128. The molecule has 2 aromatic rings. The van der Waals surface area contributed by atoms with E-state index in [2.05, 4.69) is 10.4 Å². The van der Waals surface area contributed by atoms with E-state index in [0.29, 0.717) is 12.5 Å². The maximum atomic E-state index is 13.5. The second kappa shape index (κ2) is 7.46. The number of hydrogen-bond acceptors (Lipinski definition) is 4. The maximum absolute atomic E-state index is 13.5. The molecule has 0 spiro atoms. The summed E-state index contributed by atoms with van der Waals surface area (Å²) in [6.45, 7) is 0. The van der Waals surface area contributed by atoms with Crippen molar-refractivity contribution in [3.05, 3.63) is 47.8 Å². The molecule has 1 aromatic carbocycles. The van der Waals surface area contributed by atoms with Crippen LogP contribution in [0, 0.1) is 28.9 Å². The molecule has 0 aliphatic rings. The van der Waals surface area contributed by atoms with Gasteiger partial charge in [0.25, 0.3) is 0 Å². The number of aromatic nitrogens is 2. The number of anilines is 1.